The van der Waals surface area contributed by atoms with Gasteiger partial charge in [0.25, 0.3) is 10.0 Å². The van der Waals surface area contributed by atoms with Crippen LogP contribution in [0.4, 0.5) is 11.4 Å². The van der Waals surface area contributed by atoms with Crippen molar-refractivity contribution >= 4 is 48.9 Å². The third-order valence-corrected chi connectivity index (χ3v) is 4.82. The zero-order valence-corrected chi connectivity index (χ0v) is 12.8. The SMILES string of the molecule is Cn1nnc(Br)c1S(=O)(=O)Nc1c(N)cccc1Cl. The molecule has 19 heavy (non-hydrogen) atoms. The molecule has 1 aromatic heterocycles. The molecule has 2 aromatic rings. The fourth-order valence-corrected chi connectivity index (χ4v) is 3.93. The van der Waals surface area contributed by atoms with Crippen molar-refractivity contribution in [1.82, 2.24) is 15.0 Å². The molecule has 0 fully saturated rings. The van der Waals surface area contributed by atoms with Crippen molar-refractivity contribution < 1.29 is 8.42 Å². The minimum Gasteiger partial charge on any atom is -0.397 e. The second-order valence-corrected chi connectivity index (χ2v) is 6.37. The average molecular weight is 367 g/mol. The van der Waals surface area contributed by atoms with Gasteiger partial charge in [0.2, 0.25) is 5.03 Å². The maximum absolute atomic E-state index is 12.3. The standard InChI is InChI=1S/C9H9BrClN5O2S/c1-16-9(8(10)13-15-16)19(17,18)14-7-5(11)3-2-4-6(7)12/h2-4,14H,12H2,1H3. The molecule has 7 nitrogen and oxygen atoms in total. The molecule has 1 heterocycles. The largest absolute Gasteiger partial charge is 0.397 e. The minimum absolute atomic E-state index is 0.105. The summed E-state index contributed by atoms with van der Waals surface area (Å²) in [4.78, 5) is 0. The molecule has 0 amide bonds. The van der Waals surface area contributed by atoms with Gasteiger partial charge >= 0.3 is 0 Å². The molecule has 10 heteroatoms. The molecule has 0 saturated carbocycles. The molecule has 0 radical (unpaired) electrons. The van der Waals surface area contributed by atoms with Gasteiger partial charge in [0.15, 0.2) is 4.60 Å². The molecule has 0 saturated heterocycles. The number of nitrogens with zero attached hydrogens (tertiary/aromatic N) is 3. The van der Waals surface area contributed by atoms with E-state index in [0.717, 1.165) is 4.68 Å². The first kappa shape index (κ1) is 14.1. The highest BCUT2D eigenvalue weighted by molar-refractivity contribution is 9.10. The summed E-state index contributed by atoms with van der Waals surface area (Å²) in [6.07, 6.45) is 0. The fraction of sp³-hybridized carbons (Fsp3) is 0.111. The van der Waals surface area contributed by atoms with Gasteiger partial charge in [-0.25, -0.2) is 4.68 Å². The Kier molecular flexibility index (Phi) is 3.70. The number of hydrogen-bond acceptors (Lipinski definition) is 5. The Morgan fingerprint density at radius 1 is 1.47 bits per heavy atom. The van der Waals surface area contributed by atoms with Gasteiger partial charge in [-0.15, -0.1) is 5.10 Å². The predicted molar refractivity (Wildman–Crippen MR) is 75.4 cm³/mol. The maximum atomic E-state index is 12.3. The van der Waals surface area contributed by atoms with Crippen LogP contribution >= 0.6 is 27.5 Å². The third kappa shape index (κ3) is 2.67. The van der Waals surface area contributed by atoms with Crippen molar-refractivity contribution in [3.8, 4) is 0 Å². The van der Waals surface area contributed by atoms with Crippen LogP contribution in [0.5, 0.6) is 0 Å². The number of hydrogen-bond donors (Lipinski definition) is 2. The molecule has 3 N–H and O–H groups in total. The van der Waals surface area contributed by atoms with Gasteiger partial charge < -0.3 is 5.73 Å². The quantitative estimate of drug-likeness (QED) is 0.803. The van der Waals surface area contributed by atoms with E-state index in [0.29, 0.717) is 0 Å². The Labute approximate surface area is 122 Å². The molecule has 0 bridgehead atoms. The Morgan fingerprint density at radius 3 is 2.68 bits per heavy atom. The van der Waals surface area contributed by atoms with E-state index in [1.807, 2.05) is 0 Å². The maximum Gasteiger partial charge on any atom is 0.282 e. The van der Waals surface area contributed by atoms with Crippen LogP contribution in [-0.2, 0) is 17.1 Å². The van der Waals surface area contributed by atoms with E-state index in [1.165, 1.54) is 13.1 Å². The molecule has 0 spiro atoms. The van der Waals surface area contributed by atoms with E-state index in [9.17, 15) is 8.42 Å². The molecular formula is C9H9BrClN5O2S. The zero-order chi connectivity index (χ0) is 14.2. The van der Waals surface area contributed by atoms with Crippen LogP contribution in [0.2, 0.25) is 5.02 Å². The monoisotopic (exact) mass is 365 g/mol. The van der Waals surface area contributed by atoms with Crippen LogP contribution in [0.25, 0.3) is 0 Å². The summed E-state index contributed by atoms with van der Waals surface area (Å²) in [5.41, 5.74) is 6.04. The van der Waals surface area contributed by atoms with E-state index in [4.69, 9.17) is 17.3 Å². The van der Waals surface area contributed by atoms with Gasteiger partial charge in [-0.3, -0.25) is 4.72 Å². The van der Waals surface area contributed by atoms with Crippen LogP contribution in [0, 0.1) is 0 Å². The molecule has 0 aliphatic heterocycles. The van der Waals surface area contributed by atoms with Crippen molar-refractivity contribution in [2.24, 2.45) is 7.05 Å². The fourth-order valence-electron chi connectivity index (χ4n) is 1.44. The average Bonchev–Trinajstić information content (AvgIpc) is 2.64. The second kappa shape index (κ2) is 4.99. The first-order valence-corrected chi connectivity index (χ1v) is 7.60. The number of aromatic nitrogens is 3. The summed E-state index contributed by atoms with van der Waals surface area (Å²) in [5.74, 6) is 0. The second-order valence-electron chi connectivity index (χ2n) is 3.62. The van der Waals surface area contributed by atoms with Crippen molar-refractivity contribution in [3.63, 3.8) is 0 Å². The Balaban J connectivity index is 2.49. The van der Waals surface area contributed by atoms with Gasteiger partial charge in [0.1, 0.15) is 0 Å². The molecule has 0 unspecified atom stereocenters. The number of nitrogen functional groups attached to an aromatic ring is 1. The lowest BCUT2D eigenvalue weighted by molar-refractivity contribution is 0.578. The van der Waals surface area contributed by atoms with Crippen LogP contribution < -0.4 is 10.5 Å². The molecule has 0 aliphatic rings. The van der Waals surface area contributed by atoms with Crippen molar-refractivity contribution in [2.45, 2.75) is 5.03 Å². The Bertz CT molecular complexity index is 690. The number of nitrogens with one attached hydrogen (secondary N) is 1. The predicted octanol–water partition coefficient (Wildman–Crippen LogP) is 1.61. The lowest BCUT2D eigenvalue weighted by Gasteiger charge is -2.11. The van der Waals surface area contributed by atoms with Crippen LogP contribution in [0.15, 0.2) is 27.8 Å². The number of rotatable bonds is 3. The highest BCUT2D eigenvalue weighted by atomic mass is 79.9. The molecule has 2 rings (SSSR count). The molecule has 0 atom stereocenters. The van der Waals surface area contributed by atoms with E-state index < -0.39 is 10.0 Å². The molecular weight excluding hydrogens is 358 g/mol. The Morgan fingerprint density at radius 2 is 2.16 bits per heavy atom. The summed E-state index contributed by atoms with van der Waals surface area (Å²) in [5, 5.41) is 7.31. The first-order chi connectivity index (χ1) is 8.83. The summed E-state index contributed by atoms with van der Waals surface area (Å²) in [7, 11) is -2.44. The normalized spacial score (nSPS) is 11.5. The van der Waals surface area contributed by atoms with Crippen molar-refractivity contribution in [2.75, 3.05) is 10.5 Å². The number of anilines is 2. The van der Waals surface area contributed by atoms with Gasteiger partial charge in [-0.2, -0.15) is 8.42 Å². The van der Waals surface area contributed by atoms with E-state index in [1.54, 1.807) is 12.1 Å². The summed E-state index contributed by atoms with van der Waals surface area (Å²) in [6, 6.07) is 4.70. The van der Waals surface area contributed by atoms with Gasteiger partial charge in [0, 0.05) is 7.05 Å². The first-order valence-electron chi connectivity index (χ1n) is 4.95. The van der Waals surface area contributed by atoms with Crippen molar-refractivity contribution in [3.05, 3.63) is 27.8 Å². The number of aryl methyl sites for hydroxylation is 1. The topological polar surface area (TPSA) is 103 Å². The van der Waals surface area contributed by atoms with E-state index in [2.05, 4.69) is 31.0 Å². The van der Waals surface area contributed by atoms with Crippen LogP contribution in [0.3, 0.4) is 0 Å². The summed E-state index contributed by atoms with van der Waals surface area (Å²) < 4.78 is 28.1. The lowest BCUT2D eigenvalue weighted by Crippen LogP contribution is -2.18. The minimum atomic E-state index is -3.90. The summed E-state index contributed by atoms with van der Waals surface area (Å²) >= 11 is 8.95. The Hall–Kier alpha value is -1.32. The van der Waals surface area contributed by atoms with E-state index in [-0.39, 0.29) is 26.0 Å². The highest BCUT2D eigenvalue weighted by Crippen LogP contribution is 2.31. The van der Waals surface area contributed by atoms with Gasteiger partial charge in [-0.1, -0.05) is 22.9 Å². The van der Waals surface area contributed by atoms with Gasteiger partial charge in [0.05, 0.1) is 16.4 Å². The molecule has 102 valence electrons. The molecule has 1 aromatic carbocycles. The van der Waals surface area contributed by atoms with Gasteiger partial charge in [-0.05, 0) is 28.1 Å². The van der Waals surface area contributed by atoms with E-state index >= 15 is 0 Å². The number of sulfonamides is 1. The summed E-state index contributed by atoms with van der Waals surface area (Å²) in [6.45, 7) is 0. The highest BCUT2D eigenvalue weighted by Gasteiger charge is 2.25. The van der Waals surface area contributed by atoms with Crippen molar-refractivity contribution in [1.29, 1.82) is 0 Å². The number of para-hydroxylation sites is 1. The lowest BCUT2D eigenvalue weighted by atomic mass is 10.3. The zero-order valence-electron chi connectivity index (χ0n) is 9.63. The number of halogens is 2. The van der Waals surface area contributed by atoms with Crippen LogP contribution in [0.1, 0.15) is 0 Å². The third-order valence-electron chi connectivity index (χ3n) is 2.27. The number of nitrogens with two attached hydrogens (primary N) is 1. The van der Waals surface area contributed by atoms with Crippen LogP contribution in [-0.4, -0.2) is 23.4 Å². The number of benzene rings is 1. The molecule has 0 aliphatic carbocycles. The smallest absolute Gasteiger partial charge is 0.282 e.